The molecule has 1 saturated carbocycles. The molecule has 0 unspecified atom stereocenters. The molecule has 0 radical (unpaired) electrons. The van der Waals surface area contributed by atoms with Gasteiger partial charge < -0.3 is 15.5 Å². The highest BCUT2D eigenvalue weighted by atomic mass is 15.1. The van der Waals surface area contributed by atoms with Crippen LogP contribution in [-0.2, 0) is 6.54 Å². The van der Waals surface area contributed by atoms with E-state index in [9.17, 15) is 0 Å². The number of nitrogens with one attached hydrogen (secondary N) is 1. The Kier molecular flexibility index (Phi) is 2.73. The zero-order valence-corrected chi connectivity index (χ0v) is 11.5. The van der Waals surface area contributed by atoms with E-state index in [4.69, 9.17) is 5.73 Å². The molecule has 0 atom stereocenters. The molecule has 0 bridgehead atoms. The van der Waals surface area contributed by atoms with Gasteiger partial charge in [0.05, 0.1) is 24.1 Å². The number of aromatic nitrogens is 4. The number of nitrogens with two attached hydrogens (primary N) is 1. The molecule has 0 spiro atoms. The maximum Gasteiger partial charge on any atom is 0.148 e. The van der Waals surface area contributed by atoms with E-state index in [0.717, 1.165) is 22.9 Å². The van der Waals surface area contributed by atoms with Crippen molar-refractivity contribution in [3.63, 3.8) is 0 Å². The van der Waals surface area contributed by atoms with Gasteiger partial charge >= 0.3 is 0 Å². The third-order valence-electron chi connectivity index (χ3n) is 3.72. The summed E-state index contributed by atoms with van der Waals surface area (Å²) in [7, 11) is 0. The zero-order valence-electron chi connectivity index (χ0n) is 11.5. The third kappa shape index (κ3) is 2.52. The fraction of sp³-hybridized carbons (Fsp3) is 0.267. The third-order valence-corrected chi connectivity index (χ3v) is 3.72. The smallest absolute Gasteiger partial charge is 0.148 e. The summed E-state index contributed by atoms with van der Waals surface area (Å²) in [5.41, 5.74) is 9.82. The summed E-state index contributed by atoms with van der Waals surface area (Å²) in [6.45, 7) is 0.631. The van der Waals surface area contributed by atoms with E-state index < -0.39 is 0 Å². The highest BCUT2D eigenvalue weighted by Crippen LogP contribution is 2.39. The minimum Gasteiger partial charge on any atom is -0.382 e. The molecule has 6 nitrogen and oxygen atoms in total. The second-order valence-electron chi connectivity index (χ2n) is 5.46. The van der Waals surface area contributed by atoms with Gasteiger partial charge in [-0.15, -0.1) is 5.10 Å². The van der Waals surface area contributed by atoms with Crippen LogP contribution in [0.1, 0.15) is 30.0 Å². The van der Waals surface area contributed by atoms with Crippen molar-refractivity contribution >= 4 is 17.2 Å². The molecule has 6 heteroatoms. The van der Waals surface area contributed by atoms with Crippen LogP contribution in [0.3, 0.4) is 0 Å². The first kappa shape index (κ1) is 12.1. The number of anilines is 2. The number of nitrogen functional groups attached to an aromatic ring is 1. The predicted octanol–water partition coefficient (Wildman–Crippen LogP) is 2.20. The van der Waals surface area contributed by atoms with Gasteiger partial charge in [-0.05, 0) is 30.4 Å². The Bertz CT molecular complexity index is 790. The van der Waals surface area contributed by atoms with E-state index in [1.807, 2.05) is 0 Å². The van der Waals surface area contributed by atoms with Crippen LogP contribution < -0.4 is 11.1 Å². The normalized spacial score (nSPS) is 14.5. The largest absolute Gasteiger partial charge is 0.382 e. The molecule has 1 aliphatic carbocycles. The Labute approximate surface area is 122 Å². The Balaban J connectivity index is 1.53. The van der Waals surface area contributed by atoms with Gasteiger partial charge in [-0.25, -0.2) is 4.98 Å². The fourth-order valence-corrected chi connectivity index (χ4v) is 2.48. The Morgan fingerprint density at radius 2 is 2.19 bits per heavy atom. The lowest BCUT2D eigenvalue weighted by atomic mass is 10.2. The van der Waals surface area contributed by atoms with Gasteiger partial charge in [0.15, 0.2) is 0 Å². The van der Waals surface area contributed by atoms with Crippen LogP contribution in [0, 0.1) is 0 Å². The van der Waals surface area contributed by atoms with Crippen LogP contribution in [0.25, 0.3) is 5.65 Å². The number of hydrogen-bond donors (Lipinski definition) is 2. The minimum absolute atomic E-state index is 0.407. The van der Waals surface area contributed by atoms with E-state index in [1.165, 1.54) is 18.4 Å². The summed E-state index contributed by atoms with van der Waals surface area (Å²) in [6.07, 6.45) is 8.52. The lowest BCUT2D eigenvalue weighted by Crippen LogP contribution is -2.02. The molecule has 3 heterocycles. The van der Waals surface area contributed by atoms with Crippen LogP contribution in [0.5, 0.6) is 0 Å². The average molecular weight is 280 g/mol. The lowest BCUT2D eigenvalue weighted by Gasteiger charge is -2.03. The van der Waals surface area contributed by atoms with Gasteiger partial charge in [-0.1, -0.05) is 6.07 Å². The van der Waals surface area contributed by atoms with Crippen molar-refractivity contribution in [2.45, 2.75) is 25.3 Å². The molecule has 0 saturated heterocycles. The molecule has 0 aromatic carbocycles. The van der Waals surface area contributed by atoms with E-state index >= 15 is 0 Å². The molecule has 3 aromatic rings. The maximum absolute atomic E-state index is 5.61. The molecule has 1 fully saturated rings. The summed E-state index contributed by atoms with van der Waals surface area (Å²) in [5.74, 6) is 1.16. The molecule has 0 amide bonds. The molecular formula is C15H16N6. The van der Waals surface area contributed by atoms with Crippen LogP contribution in [0.15, 0.2) is 36.8 Å². The molecular weight excluding hydrogens is 264 g/mol. The molecule has 0 aliphatic heterocycles. The lowest BCUT2D eigenvalue weighted by molar-refractivity contribution is 1.02. The summed E-state index contributed by atoms with van der Waals surface area (Å²) in [4.78, 5) is 4.60. The van der Waals surface area contributed by atoms with Crippen LogP contribution in [0.4, 0.5) is 11.5 Å². The number of imidazole rings is 1. The van der Waals surface area contributed by atoms with Crippen molar-refractivity contribution in [2.24, 2.45) is 0 Å². The Morgan fingerprint density at radius 3 is 3.00 bits per heavy atom. The first-order valence-corrected chi connectivity index (χ1v) is 7.07. The van der Waals surface area contributed by atoms with Gasteiger partial charge in [-0.2, -0.15) is 5.10 Å². The van der Waals surface area contributed by atoms with E-state index in [0.29, 0.717) is 12.4 Å². The molecule has 1 aliphatic rings. The van der Waals surface area contributed by atoms with Crippen molar-refractivity contribution < 1.29 is 0 Å². The topological polar surface area (TPSA) is 81.1 Å². The summed E-state index contributed by atoms with van der Waals surface area (Å²) >= 11 is 0. The van der Waals surface area contributed by atoms with Crippen molar-refractivity contribution in [3.05, 3.63) is 48.0 Å². The summed E-state index contributed by atoms with van der Waals surface area (Å²) in [5, 5.41) is 10.8. The van der Waals surface area contributed by atoms with Gasteiger partial charge in [-0.3, -0.25) is 0 Å². The van der Waals surface area contributed by atoms with Crippen molar-refractivity contribution in [2.75, 3.05) is 11.1 Å². The second kappa shape index (κ2) is 4.73. The number of fused-ring (bicyclic) bond motifs is 1. The monoisotopic (exact) mass is 280 g/mol. The summed E-state index contributed by atoms with van der Waals surface area (Å²) in [6, 6.07) is 6.03. The van der Waals surface area contributed by atoms with Gasteiger partial charge in [0.2, 0.25) is 0 Å². The first-order valence-electron chi connectivity index (χ1n) is 7.07. The molecule has 4 rings (SSSR count). The average Bonchev–Trinajstić information content (AvgIpc) is 3.25. The second-order valence-corrected chi connectivity index (χ2v) is 5.46. The van der Waals surface area contributed by atoms with Gasteiger partial charge in [0.1, 0.15) is 11.5 Å². The quantitative estimate of drug-likeness (QED) is 0.765. The highest BCUT2D eigenvalue weighted by Gasteiger charge is 2.23. The number of nitrogens with zero attached hydrogens (tertiary/aromatic N) is 4. The van der Waals surface area contributed by atoms with E-state index in [1.54, 1.807) is 12.3 Å². The number of hydrogen-bond acceptors (Lipinski definition) is 5. The number of rotatable bonds is 4. The zero-order chi connectivity index (χ0) is 14.2. The van der Waals surface area contributed by atoms with E-state index in [-0.39, 0.29) is 0 Å². The Morgan fingerprint density at radius 1 is 1.29 bits per heavy atom. The summed E-state index contributed by atoms with van der Waals surface area (Å²) < 4.78 is 2.10. The van der Waals surface area contributed by atoms with Gasteiger partial charge in [0.25, 0.3) is 0 Å². The van der Waals surface area contributed by atoms with Crippen LogP contribution >= 0.6 is 0 Å². The van der Waals surface area contributed by atoms with Crippen molar-refractivity contribution in [1.82, 2.24) is 19.6 Å². The van der Waals surface area contributed by atoms with Crippen molar-refractivity contribution in [1.29, 1.82) is 0 Å². The SMILES string of the molecule is Nc1cc(NCc2cn3cc(C4CC4)ccc3n2)cnn1. The van der Waals surface area contributed by atoms with Crippen molar-refractivity contribution in [3.8, 4) is 0 Å². The molecule has 3 N–H and O–H groups in total. The minimum atomic E-state index is 0.407. The van der Waals surface area contributed by atoms with Gasteiger partial charge in [0, 0.05) is 18.5 Å². The van der Waals surface area contributed by atoms with Crippen LogP contribution in [0.2, 0.25) is 0 Å². The fourth-order valence-electron chi connectivity index (χ4n) is 2.48. The predicted molar refractivity (Wildman–Crippen MR) is 80.9 cm³/mol. The maximum atomic E-state index is 5.61. The molecule has 106 valence electrons. The van der Waals surface area contributed by atoms with E-state index in [2.05, 4.69) is 49.4 Å². The van der Waals surface area contributed by atoms with Crippen LogP contribution in [-0.4, -0.2) is 19.6 Å². The standard InChI is InChI=1S/C15H16N6/c16-14-5-12(7-18-20-14)17-6-13-9-21-8-11(10-1-2-10)3-4-15(21)19-13/h3-5,7-10H,1-2,6H2,(H3,16,17,20). The number of pyridine rings is 1. The highest BCUT2D eigenvalue weighted by molar-refractivity contribution is 5.48. The molecule has 3 aromatic heterocycles. The first-order chi connectivity index (χ1) is 10.3. The Hall–Kier alpha value is -2.63. The molecule has 21 heavy (non-hydrogen) atoms.